The number of benzene rings is 3. The number of nitrogens with zero attached hydrogens (tertiary/aromatic N) is 1. The zero-order chi connectivity index (χ0) is 26.1. The lowest BCUT2D eigenvalue weighted by atomic mass is 9.93. The first kappa shape index (κ1) is 25.7. The summed E-state index contributed by atoms with van der Waals surface area (Å²) in [7, 11) is 0. The third-order valence-electron chi connectivity index (χ3n) is 6.01. The molecule has 0 bridgehead atoms. The van der Waals surface area contributed by atoms with E-state index in [4.69, 9.17) is 27.9 Å². The predicted octanol–water partition coefficient (Wildman–Crippen LogP) is 7.28. The molecular formula is C28H24Cl2FNO4. The molecule has 0 radical (unpaired) electrons. The number of Topliss-reactive ketones (excluding diaryl/α,β-unsaturated/α-hetero) is 1. The Morgan fingerprint density at radius 3 is 2.33 bits per heavy atom. The van der Waals surface area contributed by atoms with Crippen molar-refractivity contribution < 1.29 is 23.8 Å². The predicted molar refractivity (Wildman–Crippen MR) is 139 cm³/mol. The van der Waals surface area contributed by atoms with Gasteiger partial charge in [-0.2, -0.15) is 0 Å². The second kappa shape index (κ2) is 10.3. The number of hydrogen-bond donors (Lipinski definition) is 1. The van der Waals surface area contributed by atoms with E-state index in [0.717, 1.165) is 5.56 Å². The average Bonchev–Trinajstić information content (AvgIpc) is 3.11. The van der Waals surface area contributed by atoms with Crippen LogP contribution in [0.2, 0.25) is 10.0 Å². The standard InChI is InChI=1S/C28H24Cl2FNO4/c1-4-36-23-12-6-17(13-20(23)15(2)3)26(33)24-25(16-5-11-21(29)22(30)14-16)32(28(35)27(24)34)19-9-7-18(31)8-10-19/h5-15,25,33H,4H2,1-3H3/b26-24-. The Labute approximate surface area is 218 Å². The van der Waals surface area contributed by atoms with Gasteiger partial charge in [-0.05, 0) is 78.6 Å². The molecule has 1 fully saturated rings. The Morgan fingerprint density at radius 1 is 1.03 bits per heavy atom. The first-order chi connectivity index (χ1) is 17.1. The summed E-state index contributed by atoms with van der Waals surface area (Å²) in [6.45, 7) is 6.34. The van der Waals surface area contributed by atoms with E-state index in [9.17, 15) is 19.1 Å². The van der Waals surface area contributed by atoms with Gasteiger partial charge in [-0.1, -0.05) is 43.1 Å². The molecule has 1 unspecified atom stereocenters. The van der Waals surface area contributed by atoms with Crippen LogP contribution in [0.15, 0.2) is 66.2 Å². The minimum absolute atomic E-state index is 0.0757. The van der Waals surface area contributed by atoms with Crippen molar-refractivity contribution in [1.82, 2.24) is 0 Å². The van der Waals surface area contributed by atoms with Crippen LogP contribution in [0.1, 0.15) is 49.4 Å². The number of hydrogen-bond acceptors (Lipinski definition) is 4. The van der Waals surface area contributed by atoms with Gasteiger partial charge in [0.25, 0.3) is 11.7 Å². The third-order valence-corrected chi connectivity index (χ3v) is 6.75. The first-order valence-corrected chi connectivity index (χ1v) is 12.2. The Kier molecular flexibility index (Phi) is 7.38. The quantitative estimate of drug-likeness (QED) is 0.207. The van der Waals surface area contributed by atoms with Gasteiger partial charge in [0, 0.05) is 11.3 Å². The molecule has 4 rings (SSSR count). The highest BCUT2D eigenvalue weighted by atomic mass is 35.5. The molecule has 1 atom stereocenters. The Bertz CT molecular complexity index is 1370. The van der Waals surface area contributed by atoms with Crippen molar-refractivity contribution in [2.75, 3.05) is 11.5 Å². The lowest BCUT2D eigenvalue weighted by Crippen LogP contribution is -2.29. The Balaban J connectivity index is 1.94. The lowest BCUT2D eigenvalue weighted by Gasteiger charge is -2.26. The number of halogens is 3. The van der Waals surface area contributed by atoms with Crippen molar-refractivity contribution in [1.29, 1.82) is 0 Å². The van der Waals surface area contributed by atoms with Crippen LogP contribution < -0.4 is 9.64 Å². The van der Waals surface area contributed by atoms with Gasteiger partial charge in [0.05, 0.1) is 28.3 Å². The molecule has 3 aromatic carbocycles. The normalized spacial score (nSPS) is 17.2. The van der Waals surface area contributed by atoms with Crippen LogP contribution >= 0.6 is 23.2 Å². The summed E-state index contributed by atoms with van der Waals surface area (Å²) < 4.78 is 19.3. The maximum absolute atomic E-state index is 13.6. The number of ketones is 1. The molecule has 1 N–H and O–H groups in total. The topological polar surface area (TPSA) is 66.8 Å². The van der Waals surface area contributed by atoms with E-state index >= 15 is 0 Å². The van der Waals surface area contributed by atoms with Gasteiger partial charge in [-0.25, -0.2) is 4.39 Å². The number of carbonyl (C=O) groups is 2. The van der Waals surface area contributed by atoms with Crippen molar-refractivity contribution in [3.8, 4) is 5.75 Å². The average molecular weight is 528 g/mol. The van der Waals surface area contributed by atoms with E-state index in [1.807, 2.05) is 20.8 Å². The number of ether oxygens (including phenoxy) is 1. The molecule has 0 aromatic heterocycles. The molecule has 5 nitrogen and oxygen atoms in total. The molecule has 0 aliphatic carbocycles. The van der Waals surface area contributed by atoms with Crippen molar-refractivity contribution in [3.05, 3.63) is 98.8 Å². The zero-order valence-corrected chi connectivity index (χ0v) is 21.4. The van der Waals surface area contributed by atoms with E-state index in [2.05, 4.69) is 0 Å². The molecule has 1 saturated heterocycles. The SMILES string of the molecule is CCOc1ccc(/C(O)=C2/C(=O)C(=O)N(c3ccc(F)cc3)C2c2ccc(Cl)c(Cl)c2)cc1C(C)C. The Hall–Kier alpha value is -3.35. The summed E-state index contributed by atoms with van der Waals surface area (Å²) in [5.41, 5.74) is 1.86. The number of aliphatic hydroxyl groups excluding tert-OH is 1. The number of anilines is 1. The lowest BCUT2D eigenvalue weighted by molar-refractivity contribution is -0.132. The van der Waals surface area contributed by atoms with Crippen LogP contribution in [-0.4, -0.2) is 23.4 Å². The van der Waals surface area contributed by atoms with E-state index < -0.39 is 23.5 Å². The summed E-state index contributed by atoms with van der Waals surface area (Å²) in [4.78, 5) is 27.8. The zero-order valence-electron chi connectivity index (χ0n) is 19.9. The number of carbonyl (C=O) groups excluding carboxylic acids is 2. The molecule has 186 valence electrons. The molecule has 8 heteroatoms. The monoisotopic (exact) mass is 527 g/mol. The van der Waals surface area contributed by atoms with Gasteiger partial charge >= 0.3 is 0 Å². The van der Waals surface area contributed by atoms with Crippen molar-refractivity contribution in [2.24, 2.45) is 0 Å². The second-order valence-electron chi connectivity index (χ2n) is 8.66. The van der Waals surface area contributed by atoms with Crippen LogP contribution in [0.3, 0.4) is 0 Å². The van der Waals surface area contributed by atoms with Crippen molar-refractivity contribution >= 4 is 46.3 Å². The molecule has 0 spiro atoms. The number of amides is 1. The number of rotatable bonds is 6. The highest BCUT2D eigenvalue weighted by Crippen LogP contribution is 2.44. The smallest absolute Gasteiger partial charge is 0.300 e. The second-order valence-corrected chi connectivity index (χ2v) is 9.47. The molecular weight excluding hydrogens is 504 g/mol. The highest BCUT2D eigenvalue weighted by molar-refractivity contribution is 6.51. The third kappa shape index (κ3) is 4.71. The molecule has 36 heavy (non-hydrogen) atoms. The van der Waals surface area contributed by atoms with Crippen LogP contribution in [-0.2, 0) is 9.59 Å². The van der Waals surface area contributed by atoms with Crippen molar-refractivity contribution in [3.63, 3.8) is 0 Å². The fourth-order valence-electron chi connectivity index (χ4n) is 4.29. The van der Waals surface area contributed by atoms with E-state index in [1.165, 1.54) is 29.2 Å². The van der Waals surface area contributed by atoms with Crippen LogP contribution in [0.25, 0.3) is 5.76 Å². The van der Waals surface area contributed by atoms with E-state index in [0.29, 0.717) is 34.2 Å². The largest absolute Gasteiger partial charge is 0.507 e. The van der Waals surface area contributed by atoms with Crippen LogP contribution in [0, 0.1) is 5.82 Å². The van der Waals surface area contributed by atoms with Gasteiger partial charge < -0.3 is 9.84 Å². The minimum atomic E-state index is -1.01. The maximum Gasteiger partial charge on any atom is 0.300 e. The molecule has 1 aliphatic heterocycles. The van der Waals surface area contributed by atoms with Crippen LogP contribution in [0.4, 0.5) is 10.1 Å². The van der Waals surface area contributed by atoms with Gasteiger partial charge in [-0.15, -0.1) is 0 Å². The maximum atomic E-state index is 13.6. The van der Waals surface area contributed by atoms with Crippen LogP contribution in [0.5, 0.6) is 5.75 Å². The summed E-state index contributed by atoms with van der Waals surface area (Å²) in [5.74, 6) is -1.79. The molecule has 0 saturated carbocycles. The highest BCUT2D eigenvalue weighted by Gasteiger charge is 2.47. The fourth-order valence-corrected chi connectivity index (χ4v) is 4.59. The molecule has 3 aromatic rings. The van der Waals surface area contributed by atoms with Gasteiger partial charge in [0.1, 0.15) is 17.3 Å². The van der Waals surface area contributed by atoms with Gasteiger partial charge in [0.2, 0.25) is 0 Å². The van der Waals surface area contributed by atoms with Gasteiger partial charge in [-0.3, -0.25) is 14.5 Å². The molecule has 1 aliphatic rings. The van der Waals surface area contributed by atoms with E-state index in [1.54, 1.807) is 36.4 Å². The fraction of sp³-hybridized carbons (Fsp3) is 0.214. The summed E-state index contributed by atoms with van der Waals surface area (Å²) in [6.07, 6.45) is 0. The van der Waals surface area contributed by atoms with Gasteiger partial charge in [0.15, 0.2) is 0 Å². The number of aliphatic hydroxyl groups is 1. The van der Waals surface area contributed by atoms with E-state index in [-0.39, 0.29) is 22.3 Å². The minimum Gasteiger partial charge on any atom is -0.507 e. The van der Waals surface area contributed by atoms with Crippen molar-refractivity contribution in [2.45, 2.75) is 32.7 Å². The summed E-state index contributed by atoms with van der Waals surface area (Å²) in [6, 6.07) is 14.0. The Morgan fingerprint density at radius 2 is 1.72 bits per heavy atom. The molecule has 1 heterocycles. The summed E-state index contributed by atoms with van der Waals surface area (Å²) >= 11 is 12.4. The molecule has 1 amide bonds. The first-order valence-electron chi connectivity index (χ1n) is 11.4. The summed E-state index contributed by atoms with van der Waals surface area (Å²) in [5, 5.41) is 11.9.